The van der Waals surface area contributed by atoms with Crippen LogP contribution in [0.5, 0.6) is 0 Å². The highest BCUT2D eigenvalue weighted by Gasteiger charge is 2.33. The number of piperazine rings is 1. The Bertz CT molecular complexity index is 285. The van der Waals surface area contributed by atoms with Gasteiger partial charge in [-0.25, -0.2) is 0 Å². The second-order valence-corrected chi connectivity index (χ2v) is 4.95. The van der Waals surface area contributed by atoms with Crippen LogP contribution in [0, 0.1) is 0 Å². The molecule has 1 amide bonds. The first kappa shape index (κ1) is 16.7. The molecule has 0 spiro atoms. The number of β-amino-alcohol motifs (C(OH)–C–C–N with tert-alkyl or cyclic N) is 1. The summed E-state index contributed by atoms with van der Waals surface area (Å²) in [4.78, 5) is 16.3. The molecule has 0 unspecified atom stereocenters. The average Bonchev–Trinajstić information content (AvgIpc) is 2.88. The lowest BCUT2D eigenvalue weighted by Gasteiger charge is -2.35. The molecule has 112 valence electrons. The lowest BCUT2D eigenvalue weighted by Crippen LogP contribution is -2.51. The quantitative estimate of drug-likeness (QED) is 0.699. The first-order valence-corrected chi connectivity index (χ1v) is 6.72. The number of hydrogen-bond acceptors (Lipinski definition) is 5. The predicted molar refractivity (Wildman–Crippen MR) is 74.3 cm³/mol. The number of halogens is 1. The van der Waals surface area contributed by atoms with Crippen molar-refractivity contribution < 1.29 is 14.6 Å². The van der Waals surface area contributed by atoms with E-state index in [0.717, 1.165) is 39.0 Å². The summed E-state index contributed by atoms with van der Waals surface area (Å²) in [5.74, 6) is 0.106. The monoisotopic (exact) mass is 293 g/mol. The lowest BCUT2D eigenvalue weighted by molar-refractivity contribution is -0.144. The Labute approximate surface area is 120 Å². The van der Waals surface area contributed by atoms with Crippen molar-refractivity contribution in [2.45, 2.75) is 25.0 Å². The maximum absolute atomic E-state index is 12.2. The maximum Gasteiger partial charge on any atom is 0.251 e. The molecule has 0 saturated carbocycles. The van der Waals surface area contributed by atoms with E-state index < -0.39 is 0 Å². The van der Waals surface area contributed by atoms with Crippen molar-refractivity contribution in [2.75, 3.05) is 45.9 Å². The van der Waals surface area contributed by atoms with Gasteiger partial charge in [0.05, 0.1) is 12.7 Å². The molecule has 0 aromatic rings. The van der Waals surface area contributed by atoms with E-state index in [1.165, 1.54) is 0 Å². The number of amides is 1. The second kappa shape index (κ2) is 8.01. The standard InChI is InChI=1S/C12H23N3O3.ClH/c13-9-10-1-2-11(18-10)12(17)15-5-3-14(4-6-15)7-8-16;/h10-11,16H,1-9,13H2;1H/t10-,11+;/m1./s1. The fourth-order valence-electron chi connectivity index (χ4n) is 2.60. The van der Waals surface area contributed by atoms with Gasteiger partial charge in [0.2, 0.25) is 0 Å². The summed E-state index contributed by atoms with van der Waals surface area (Å²) in [5.41, 5.74) is 5.55. The molecular formula is C12H24ClN3O3. The topological polar surface area (TPSA) is 79.0 Å². The van der Waals surface area contributed by atoms with E-state index in [9.17, 15) is 4.79 Å². The zero-order valence-corrected chi connectivity index (χ0v) is 12.0. The van der Waals surface area contributed by atoms with Gasteiger partial charge in [0.25, 0.3) is 5.91 Å². The fourth-order valence-corrected chi connectivity index (χ4v) is 2.60. The summed E-state index contributed by atoms with van der Waals surface area (Å²) in [7, 11) is 0. The summed E-state index contributed by atoms with van der Waals surface area (Å²) in [6.07, 6.45) is 1.44. The first-order chi connectivity index (χ1) is 8.74. The molecule has 2 atom stereocenters. The van der Waals surface area contributed by atoms with E-state index in [0.29, 0.717) is 13.1 Å². The van der Waals surface area contributed by atoms with E-state index in [4.69, 9.17) is 15.6 Å². The number of aliphatic hydroxyl groups is 1. The summed E-state index contributed by atoms with van der Waals surface area (Å²) >= 11 is 0. The van der Waals surface area contributed by atoms with Gasteiger partial charge < -0.3 is 20.5 Å². The minimum absolute atomic E-state index is 0. The van der Waals surface area contributed by atoms with Crippen LogP contribution in [0.15, 0.2) is 0 Å². The van der Waals surface area contributed by atoms with Crippen molar-refractivity contribution in [1.82, 2.24) is 9.80 Å². The Balaban J connectivity index is 0.00000180. The largest absolute Gasteiger partial charge is 0.395 e. The molecule has 2 fully saturated rings. The van der Waals surface area contributed by atoms with Crippen LogP contribution < -0.4 is 5.73 Å². The second-order valence-electron chi connectivity index (χ2n) is 4.95. The molecule has 6 nitrogen and oxygen atoms in total. The van der Waals surface area contributed by atoms with Gasteiger partial charge in [-0.3, -0.25) is 9.69 Å². The molecule has 2 rings (SSSR count). The van der Waals surface area contributed by atoms with Gasteiger partial charge in [-0.1, -0.05) is 0 Å². The molecule has 2 heterocycles. The van der Waals surface area contributed by atoms with Crippen LogP contribution in [0.1, 0.15) is 12.8 Å². The van der Waals surface area contributed by atoms with Gasteiger partial charge in [0, 0.05) is 39.3 Å². The Morgan fingerprint density at radius 3 is 2.47 bits per heavy atom. The third-order valence-electron chi connectivity index (χ3n) is 3.75. The minimum atomic E-state index is -0.289. The van der Waals surface area contributed by atoms with Crippen LogP contribution in [0.25, 0.3) is 0 Å². The number of rotatable bonds is 4. The predicted octanol–water partition coefficient (Wildman–Crippen LogP) is -0.949. The van der Waals surface area contributed by atoms with E-state index in [1.807, 2.05) is 4.90 Å². The summed E-state index contributed by atoms with van der Waals surface area (Å²) in [6, 6.07) is 0. The third-order valence-corrected chi connectivity index (χ3v) is 3.75. The number of nitrogens with zero attached hydrogens (tertiary/aromatic N) is 2. The van der Waals surface area contributed by atoms with E-state index in [-0.39, 0.29) is 37.1 Å². The van der Waals surface area contributed by atoms with E-state index in [2.05, 4.69) is 4.90 Å². The van der Waals surface area contributed by atoms with Crippen LogP contribution in [0.2, 0.25) is 0 Å². The Kier molecular flexibility index (Phi) is 7.02. The molecule has 2 saturated heterocycles. The molecule has 2 aliphatic heterocycles. The maximum atomic E-state index is 12.2. The number of ether oxygens (including phenoxy) is 1. The van der Waals surface area contributed by atoms with Crippen molar-refractivity contribution in [2.24, 2.45) is 5.73 Å². The molecule has 2 aliphatic rings. The Hall–Kier alpha value is -0.400. The van der Waals surface area contributed by atoms with Gasteiger partial charge in [0.15, 0.2) is 0 Å². The van der Waals surface area contributed by atoms with Crippen molar-refractivity contribution in [3.05, 3.63) is 0 Å². The smallest absolute Gasteiger partial charge is 0.251 e. The highest BCUT2D eigenvalue weighted by Crippen LogP contribution is 2.21. The van der Waals surface area contributed by atoms with Gasteiger partial charge in [-0.05, 0) is 12.8 Å². The van der Waals surface area contributed by atoms with Crippen molar-refractivity contribution in [1.29, 1.82) is 0 Å². The summed E-state index contributed by atoms with van der Waals surface area (Å²) < 4.78 is 5.63. The van der Waals surface area contributed by atoms with E-state index in [1.54, 1.807) is 0 Å². The summed E-state index contributed by atoms with van der Waals surface area (Å²) in [5, 5.41) is 8.87. The number of carbonyl (C=O) groups is 1. The lowest BCUT2D eigenvalue weighted by atomic mass is 10.1. The molecule has 0 bridgehead atoms. The summed E-state index contributed by atoms with van der Waals surface area (Å²) in [6.45, 7) is 4.49. The molecular weight excluding hydrogens is 270 g/mol. The third kappa shape index (κ3) is 4.29. The zero-order chi connectivity index (χ0) is 13.0. The Morgan fingerprint density at radius 2 is 1.95 bits per heavy atom. The zero-order valence-electron chi connectivity index (χ0n) is 11.2. The first-order valence-electron chi connectivity index (χ1n) is 6.72. The number of hydrogen-bond donors (Lipinski definition) is 2. The van der Waals surface area contributed by atoms with Crippen molar-refractivity contribution in [3.63, 3.8) is 0 Å². The molecule has 0 aromatic heterocycles. The Morgan fingerprint density at radius 1 is 1.26 bits per heavy atom. The van der Waals surface area contributed by atoms with Crippen LogP contribution in [0.4, 0.5) is 0 Å². The minimum Gasteiger partial charge on any atom is -0.395 e. The normalized spacial score (nSPS) is 28.2. The van der Waals surface area contributed by atoms with Crippen molar-refractivity contribution >= 4 is 18.3 Å². The molecule has 19 heavy (non-hydrogen) atoms. The van der Waals surface area contributed by atoms with Gasteiger partial charge in [-0.2, -0.15) is 0 Å². The highest BCUT2D eigenvalue weighted by atomic mass is 35.5. The van der Waals surface area contributed by atoms with Crippen molar-refractivity contribution in [3.8, 4) is 0 Å². The molecule has 3 N–H and O–H groups in total. The average molecular weight is 294 g/mol. The van der Waals surface area contributed by atoms with Gasteiger partial charge in [0.1, 0.15) is 6.10 Å². The molecule has 0 aliphatic carbocycles. The molecule has 0 radical (unpaired) electrons. The number of aliphatic hydroxyl groups excluding tert-OH is 1. The molecule has 0 aromatic carbocycles. The van der Waals surface area contributed by atoms with Crippen LogP contribution in [-0.4, -0.2) is 78.9 Å². The van der Waals surface area contributed by atoms with Crippen LogP contribution in [-0.2, 0) is 9.53 Å². The molecule has 7 heteroatoms. The van der Waals surface area contributed by atoms with Crippen LogP contribution in [0.3, 0.4) is 0 Å². The van der Waals surface area contributed by atoms with Gasteiger partial charge in [-0.15, -0.1) is 12.4 Å². The number of carbonyl (C=O) groups excluding carboxylic acids is 1. The SMILES string of the molecule is Cl.NC[C@H]1CC[C@@H](C(=O)N2CCN(CCO)CC2)O1. The fraction of sp³-hybridized carbons (Fsp3) is 0.917. The van der Waals surface area contributed by atoms with Gasteiger partial charge >= 0.3 is 0 Å². The van der Waals surface area contributed by atoms with E-state index >= 15 is 0 Å². The number of nitrogens with two attached hydrogens (primary N) is 1. The highest BCUT2D eigenvalue weighted by molar-refractivity contribution is 5.85. The van der Waals surface area contributed by atoms with Crippen LogP contribution >= 0.6 is 12.4 Å².